The van der Waals surface area contributed by atoms with Crippen molar-refractivity contribution in [2.24, 2.45) is 0 Å². The topological polar surface area (TPSA) is 84.9 Å². The van der Waals surface area contributed by atoms with Crippen molar-refractivity contribution in [3.63, 3.8) is 0 Å². The lowest BCUT2D eigenvalue weighted by atomic mass is 10.1. The monoisotopic (exact) mass is 376 g/mol. The summed E-state index contributed by atoms with van der Waals surface area (Å²) in [6, 6.07) is 2.41. The van der Waals surface area contributed by atoms with Crippen molar-refractivity contribution in [1.29, 1.82) is 0 Å². The second-order valence-electron chi connectivity index (χ2n) is 5.60. The Labute approximate surface area is 146 Å². The number of likely N-dealkylation sites (tertiary alicyclic amines) is 1. The first-order valence-corrected chi connectivity index (χ1v) is 9.32. The number of rotatable bonds is 5. The predicted octanol–water partition coefficient (Wildman–Crippen LogP) is 1.65. The number of carbonyl (C=O) groups is 1. The number of nitrogens with zero attached hydrogens (tertiary/aromatic N) is 1. The van der Waals surface area contributed by atoms with E-state index in [9.17, 15) is 13.2 Å². The van der Waals surface area contributed by atoms with Crippen molar-refractivity contribution >= 4 is 27.5 Å². The van der Waals surface area contributed by atoms with Gasteiger partial charge in [-0.1, -0.05) is 11.6 Å². The minimum Gasteiger partial charge on any atom is -0.495 e. The zero-order valence-corrected chi connectivity index (χ0v) is 15.4. The number of benzene rings is 1. The van der Waals surface area contributed by atoms with Gasteiger partial charge in [0.15, 0.2) is 0 Å². The highest BCUT2D eigenvalue weighted by molar-refractivity contribution is 7.89. The van der Waals surface area contributed by atoms with Crippen LogP contribution in [0.4, 0.5) is 0 Å². The van der Waals surface area contributed by atoms with Crippen molar-refractivity contribution in [1.82, 2.24) is 9.62 Å². The van der Waals surface area contributed by atoms with E-state index in [-0.39, 0.29) is 33.4 Å². The summed E-state index contributed by atoms with van der Waals surface area (Å²) >= 11 is 6.01. The van der Waals surface area contributed by atoms with E-state index >= 15 is 0 Å². The van der Waals surface area contributed by atoms with Gasteiger partial charge in [0.05, 0.1) is 19.2 Å². The van der Waals surface area contributed by atoms with Gasteiger partial charge in [-0.25, -0.2) is 13.1 Å². The van der Waals surface area contributed by atoms with E-state index in [1.54, 1.807) is 11.9 Å². The van der Waals surface area contributed by atoms with Crippen LogP contribution in [0.1, 0.15) is 19.3 Å². The Balaban J connectivity index is 2.28. The molecule has 1 aromatic rings. The Kier molecular flexibility index (Phi) is 5.95. The molecule has 0 aromatic heterocycles. The number of sulfonamides is 1. The van der Waals surface area contributed by atoms with Gasteiger partial charge in [-0.2, -0.15) is 0 Å². The second-order valence-corrected chi connectivity index (χ2v) is 7.69. The fourth-order valence-electron chi connectivity index (χ4n) is 2.55. The van der Waals surface area contributed by atoms with Gasteiger partial charge in [-0.15, -0.1) is 0 Å². The van der Waals surface area contributed by atoms with E-state index < -0.39 is 10.0 Å². The minimum atomic E-state index is -3.85. The summed E-state index contributed by atoms with van der Waals surface area (Å²) in [6.07, 6.45) is 1.31. The first-order valence-electron chi connectivity index (χ1n) is 7.46. The molecular formula is C15H21ClN2O5S. The molecule has 2 rings (SSSR count). The molecular weight excluding hydrogens is 356 g/mol. The van der Waals surface area contributed by atoms with Gasteiger partial charge in [-0.05, 0) is 12.8 Å². The molecule has 0 bridgehead atoms. The molecule has 1 saturated heterocycles. The maximum absolute atomic E-state index is 12.7. The average molecular weight is 377 g/mol. The van der Waals surface area contributed by atoms with Crippen molar-refractivity contribution in [3.05, 3.63) is 17.2 Å². The van der Waals surface area contributed by atoms with Gasteiger partial charge in [-0.3, -0.25) is 4.79 Å². The first kappa shape index (κ1) is 18.8. The summed E-state index contributed by atoms with van der Waals surface area (Å²) in [5.74, 6) is 0.395. The number of hydrogen-bond donors (Lipinski definition) is 1. The smallest absolute Gasteiger partial charge is 0.244 e. The summed E-state index contributed by atoms with van der Waals surface area (Å²) in [4.78, 5) is 13.3. The Hall–Kier alpha value is -1.51. The van der Waals surface area contributed by atoms with E-state index in [1.165, 1.54) is 26.4 Å². The molecule has 1 aliphatic heterocycles. The summed E-state index contributed by atoms with van der Waals surface area (Å²) < 4.78 is 38.4. The van der Waals surface area contributed by atoms with Crippen LogP contribution < -0.4 is 14.2 Å². The molecule has 1 fully saturated rings. The number of methoxy groups -OCH3 is 2. The van der Waals surface area contributed by atoms with Gasteiger partial charge in [0, 0.05) is 38.2 Å². The average Bonchev–Trinajstić information content (AvgIpc) is 2.69. The summed E-state index contributed by atoms with van der Waals surface area (Å²) in [7, 11) is 0.646. The van der Waals surface area contributed by atoms with E-state index in [4.69, 9.17) is 21.1 Å². The third-order valence-corrected chi connectivity index (χ3v) is 5.83. The van der Waals surface area contributed by atoms with Crippen LogP contribution in [-0.2, 0) is 14.8 Å². The molecule has 0 aliphatic carbocycles. The maximum atomic E-state index is 12.7. The van der Waals surface area contributed by atoms with E-state index in [0.29, 0.717) is 25.8 Å². The zero-order chi connectivity index (χ0) is 17.9. The molecule has 0 saturated carbocycles. The maximum Gasteiger partial charge on any atom is 0.244 e. The highest BCUT2D eigenvalue weighted by Crippen LogP contribution is 2.35. The lowest BCUT2D eigenvalue weighted by molar-refractivity contribution is -0.129. The van der Waals surface area contributed by atoms with Gasteiger partial charge in [0.1, 0.15) is 16.4 Å². The van der Waals surface area contributed by atoms with Gasteiger partial charge in [0.2, 0.25) is 15.9 Å². The molecule has 1 heterocycles. The number of nitrogens with one attached hydrogen (secondary N) is 1. The van der Waals surface area contributed by atoms with Crippen LogP contribution in [0.15, 0.2) is 17.0 Å². The Morgan fingerprint density at radius 3 is 2.50 bits per heavy atom. The molecule has 1 atom stereocenters. The summed E-state index contributed by atoms with van der Waals surface area (Å²) in [6.45, 7) is 0.507. The van der Waals surface area contributed by atoms with Crippen LogP contribution in [0.25, 0.3) is 0 Å². The molecule has 134 valence electrons. The molecule has 1 N–H and O–H groups in total. The van der Waals surface area contributed by atoms with Crippen LogP contribution >= 0.6 is 11.6 Å². The minimum absolute atomic E-state index is 0.0161. The molecule has 1 amide bonds. The number of amides is 1. The molecule has 1 unspecified atom stereocenters. The molecule has 9 heteroatoms. The van der Waals surface area contributed by atoms with Crippen molar-refractivity contribution in [2.75, 3.05) is 27.8 Å². The zero-order valence-electron chi connectivity index (χ0n) is 13.8. The predicted molar refractivity (Wildman–Crippen MR) is 90.2 cm³/mol. The largest absolute Gasteiger partial charge is 0.495 e. The van der Waals surface area contributed by atoms with Crippen LogP contribution in [-0.4, -0.2) is 53.1 Å². The van der Waals surface area contributed by atoms with Crippen LogP contribution in [0, 0.1) is 0 Å². The normalized spacial score (nSPS) is 19.1. The summed E-state index contributed by atoms with van der Waals surface area (Å²) in [5.41, 5.74) is 0. The molecule has 0 radical (unpaired) electrons. The number of ether oxygens (including phenoxy) is 2. The van der Waals surface area contributed by atoms with Crippen LogP contribution in [0.5, 0.6) is 11.5 Å². The Bertz CT molecular complexity index is 723. The fraction of sp³-hybridized carbons (Fsp3) is 0.533. The summed E-state index contributed by atoms with van der Waals surface area (Å²) in [5, 5.41) is 0.259. The number of halogens is 1. The second kappa shape index (κ2) is 7.58. The Morgan fingerprint density at radius 1 is 1.21 bits per heavy atom. The third-order valence-electron chi connectivity index (χ3n) is 3.99. The first-order chi connectivity index (χ1) is 11.3. The quantitative estimate of drug-likeness (QED) is 0.844. The number of hydrogen-bond acceptors (Lipinski definition) is 5. The lowest BCUT2D eigenvalue weighted by Crippen LogP contribution is -2.35. The van der Waals surface area contributed by atoms with Crippen LogP contribution in [0.3, 0.4) is 0 Å². The Morgan fingerprint density at radius 2 is 1.88 bits per heavy atom. The van der Waals surface area contributed by atoms with Gasteiger partial charge in [0.25, 0.3) is 0 Å². The van der Waals surface area contributed by atoms with Gasteiger partial charge >= 0.3 is 0 Å². The van der Waals surface area contributed by atoms with E-state index in [0.717, 1.165) is 0 Å². The number of carbonyl (C=O) groups excluding carboxylic acids is 1. The molecule has 24 heavy (non-hydrogen) atoms. The van der Waals surface area contributed by atoms with Crippen molar-refractivity contribution < 1.29 is 22.7 Å². The molecule has 7 nitrogen and oxygen atoms in total. The molecule has 1 aromatic carbocycles. The highest BCUT2D eigenvalue weighted by atomic mass is 35.5. The SMILES string of the molecule is COc1cc(S(=O)(=O)NC2CCC(=O)N(C)CC2)c(OC)cc1Cl. The molecule has 1 aliphatic rings. The van der Waals surface area contributed by atoms with Crippen molar-refractivity contribution in [3.8, 4) is 11.5 Å². The highest BCUT2D eigenvalue weighted by Gasteiger charge is 2.28. The fourth-order valence-corrected chi connectivity index (χ4v) is 4.25. The van der Waals surface area contributed by atoms with Crippen molar-refractivity contribution in [2.45, 2.75) is 30.2 Å². The van der Waals surface area contributed by atoms with E-state index in [1.807, 2.05) is 0 Å². The lowest BCUT2D eigenvalue weighted by Gasteiger charge is -2.18. The van der Waals surface area contributed by atoms with Gasteiger partial charge < -0.3 is 14.4 Å². The third kappa shape index (κ3) is 4.12. The van der Waals surface area contributed by atoms with Crippen LogP contribution in [0.2, 0.25) is 5.02 Å². The van der Waals surface area contributed by atoms with E-state index in [2.05, 4.69) is 4.72 Å². The standard InChI is InChI=1S/C15H21ClN2O5S/c1-18-7-6-10(4-5-15(18)19)17-24(20,21)14-9-12(22-2)11(16)8-13(14)23-3/h8-10,17H,4-7H2,1-3H3. The molecule has 0 spiro atoms.